The Kier molecular flexibility index (Phi) is 4.69. The first-order chi connectivity index (χ1) is 12.1. The van der Waals surface area contributed by atoms with Gasteiger partial charge in [-0.25, -0.2) is 9.97 Å². The highest BCUT2D eigenvalue weighted by molar-refractivity contribution is 7.98. The van der Waals surface area contributed by atoms with E-state index >= 15 is 0 Å². The summed E-state index contributed by atoms with van der Waals surface area (Å²) in [4.78, 5) is 22.3. The van der Waals surface area contributed by atoms with Gasteiger partial charge in [0, 0.05) is 35.1 Å². The number of thioether (sulfide) groups is 1. The summed E-state index contributed by atoms with van der Waals surface area (Å²) >= 11 is 3.19. The highest BCUT2D eigenvalue weighted by Gasteiger charge is 2.22. The average molecular weight is 375 g/mol. The fraction of sp³-hybridized carbons (Fsp3) is 0.500. The van der Waals surface area contributed by atoms with Crippen LogP contribution in [0.2, 0.25) is 0 Å². The van der Waals surface area contributed by atoms with Gasteiger partial charge in [-0.15, -0.1) is 11.3 Å². The fourth-order valence-electron chi connectivity index (χ4n) is 3.57. The van der Waals surface area contributed by atoms with Crippen molar-refractivity contribution in [1.82, 2.24) is 18.9 Å². The third-order valence-electron chi connectivity index (χ3n) is 5.00. The Morgan fingerprint density at radius 3 is 2.84 bits per heavy atom. The molecular formula is C18H22N4OS2. The lowest BCUT2D eigenvalue weighted by atomic mass is 9.95. The van der Waals surface area contributed by atoms with Crippen molar-refractivity contribution in [3.05, 3.63) is 45.1 Å². The van der Waals surface area contributed by atoms with Crippen molar-refractivity contribution in [3.8, 4) is 0 Å². The number of imidazole rings is 1. The maximum absolute atomic E-state index is 12.1. The van der Waals surface area contributed by atoms with Gasteiger partial charge in [-0.05, 0) is 26.7 Å². The van der Waals surface area contributed by atoms with E-state index in [0.29, 0.717) is 11.8 Å². The summed E-state index contributed by atoms with van der Waals surface area (Å²) in [6.07, 6.45) is 8.21. The molecular weight excluding hydrogens is 352 g/mol. The van der Waals surface area contributed by atoms with Crippen LogP contribution in [0.15, 0.2) is 27.6 Å². The van der Waals surface area contributed by atoms with Gasteiger partial charge in [-0.3, -0.25) is 9.20 Å². The molecule has 0 bridgehead atoms. The van der Waals surface area contributed by atoms with Crippen LogP contribution in [-0.4, -0.2) is 18.9 Å². The van der Waals surface area contributed by atoms with Crippen LogP contribution >= 0.6 is 23.1 Å². The first-order valence-corrected chi connectivity index (χ1v) is 10.6. The molecule has 1 aliphatic rings. The molecule has 0 radical (unpaired) electrons. The molecule has 0 atom stereocenters. The molecule has 4 rings (SSSR count). The molecule has 0 amide bonds. The highest BCUT2D eigenvalue weighted by atomic mass is 32.2. The minimum Gasteiger partial charge on any atom is -0.320 e. The van der Waals surface area contributed by atoms with Crippen LogP contribution in [0.5, 0.6) is 0 Å². The molecule has 1 saturated carbocycles. The van der Waals surface area contributed by atoms with Crippen LogP contribution in [0.1, 0.15) is 55.2 Å². The second-order valence-electron chi connectivity index (χ2n) is 6.66. The molecule has 0 aliphatic heterocycles. The average Bonchev–Trinajstić information content (AvgIpc) is 3.19. The molecule has 5 nitrogen and oxygen atoms in total. The van der Waals surface area contributed by atoms with E-state index in [2.05, 4.69) is 23.4 Å². The number of aryl methyl sites for hydroxylation is 1. The normalized spacial score (nSPS) is 15.9. The van der Waals surface area contributed by atoms with Gasteiger partial charge in [0.25, 0.3) is 5.56 Å². The summed E-state index contributed by atoms with van der Waals surface area (Å²) < 4.78 is 4.02. The number of hydrogen-bond acceptors (Lipinski definition) is 5. The number of rotatable bonds is 4. The third kappa shape index (κ3) is 3.27. The van der Waals surface area contributed by atoms with E-state index in [1.807, 2.05) is 5.38 Å². The molecule has 0 saturated heterocycles. The van der Waals surface area contributed by atoms with E-state index in [-0.39, 0.29) is 5.56 Å². The predicted molar refractivity (Wildman–Crippen MR) is 103 cm³/mol. The minimum absolute atomic E-state index is 0.00941. The van der Waals surface area contributed by atoms with Gasteiger partial charge in [0.1, 0.15) is 0 Å². The van der Waals surface area contributed by atoms with Crippen LogP contribution in [-0.2, 0) is 5.75 Å². The van der Waals surface area contributed by atoms with Crippen molar-refractivity contribution >= 4 is 28.1 Å². The minimum atomic E-state index is -0.00941. The summed E-state index contributed by atoms with van der Waals surface area (Å²) in [5.41, 5.74) is 3.20. The second kappa shape index (κ2) is 6.96. The molecule has 132 valence electrons. The molecule has 0 unspecified atom stereocenters. The highest BCUT2D eigenvalue weighted by Crippen LogP contribution is 2.34. The molecule has 1 aliphatic carbocycles. The monoisotopic (exact) mass is 374 g/mol. The summed E-state index contributed by atoms with van der Waals surface area (Å²) in [7, 11) is 0. The van der Waals surface area contributed by atoms with Gasteiger partial charge in [-0.2, -0.15) is 0 Å². The topological polar surface area (TPSA) is 52.2 Å². The Hall–Kier alpha value is -1.60. The zero-order valence-corrected chi connectivity index (χ0v) is 16.2. The Labute approximate surface area is 155 Å². The van der Waals surface area contributed by atoms with Gasteiger partial charge in [-0.1, -0.05) is 31.0 Å². The van der Waals surface area contributed by atoms with E-state index in [4.69, 9.17) is 4.98 Å². The van der Waals surface area contributed by atoms with Crippen LogP contribution in [0, 0.1) is 13.8 Å². The lowest BCUT2D eigenvalue weighted by Gasteiger charge is -2.26. The van der Waals surface area contributed by atoms with Crippen molar-refractivity contribution in [1.29, 1.82) is 0 Å². The van der Waals surface area contributed by atoms with Crippen molar-refractivity contribution < 1.29 is 0 Å². The Bertz CT molecular complexity index is 950. The van der Waals surface area contributed by atoms with Crippen LogP contribution in [0.3, 0.4) is 0 Å². The molecule has 25 heavy (non-hydrogen) atoms. The van der Waals surface area contributed by atoms with E-state index in [1.165, 1.54) is 49.1 Å². The standard InChI is InChI=1S/C18H22N4OS2/c1-12-13(2)22(15-6-4-3-5-7-15)18(19-12)25-11-14-10-16(23)21-8-9-24-17(21)20-14/h8-10,15H,3-7,11H2,1-2H3. The quantitative estimate of drug-likeness (QED) is 0.637. The smallest absolute Gasteiger partial charge is 0.258 e. The zero-order valence-electron chi connectivity index (χ0n) is 14.6. The molecule has 0 N–H and O–H groups in total. The summed E-state index contributed by atoms with van der Waals surface area (Å²) in [6, 6.07) is 2.20. The number of thiazole rings is 1. The van der Waals surface area contributed by atoms with Gasteiger partial charge < -0.3 is 4.57 Å². The third-order valence-corrected chi connectivity index (χ3v) is 6.74. The van der Waals surface area contributed by atoms with E-state index < -0.39 is 0 Å². The Balaban J connectivity index is 1.59. The van der Waals surface area contributed by atoms with E-state index in [9.17, 15) is 4.79 Å². The van der Waals surface area contributed by atoms with Gasteiger partial charge in [0.2, 0.25) is 0 Å². The van der Waals surface area contributed by atoms with Gasteiger partial charge >= 0.3 is 0 Å². The van der Waals surface area contributed by atoms with Crippen LogP contribution in [0.4, 0.5) is 0 Å². The summed E-state index contributed by atoms with van der Waals surface area (Å²) in [5.74, 6) is 0.673. The lowest BCUT2D eigenvalue weighted by molar-refractivity contribution is 0.332. The zero-order chi connectivity index (χ0) is 17.4. The first kappa shape index (κ1) is 16.8. The molecule has 0 spiro atoms. The van der Waals surface area contributed by atoms with E-state index in [1.54, 1.807) is 28.4 Å². The fourth-order valence-corrected chi connectivity index (χ4v) is 5.36. The first-order valence-electron chi connectivity index (χ1n) is 8.77. The molecule has 3 aromatic rings. The van der Waals surface area contributed by atoms with E-state index in [0.717, 1.165) is 21.5 Å². The Morgan fingerprint density at radius 2 is 2.04 bits per heavy atom. The maximum atomic E-state index is 12.1. The Morgan fingerprint density at radius 1 is 1.24 bits per heavy atom. The van der Waals surface area contributed by atoms with Gasteiger partial charge in [0.05, 0.1) is 11.4 Å². The van der Waals surface area contributed by atoms with Crippen molar-refractivity contribution in [2.45, 2.75) is 62.9 Å². The predicted octanol–water partition coefficient (Wildman–Crippen LogP) is 4.37. The number of fused-ring (bicyclic) bond motifs is 1. The SMILES string of the molecule is Cc1nc(SCc2cc(=O)n3ccsc3n2)n(C2CCCCC2)c1C. The van der Waals surface area contributed by atoms with Crippen molar-refractivity contribution in [2.24, 2.45) is 0 Å². The van der Waals surface area contributed by atoms with Crippen molar-refractivity contribution in [3.63, 3.8) is 0 Å². The second-order valence-corrected chi connectivity index (χ2v) is 8.47. The number of nitrogens with zero attached hydrogens (tertiary/aromatic N) is 4. The van der Waals surface area contributed by atoms with Crippen LogP contribution < -0.4 is 5.56 Å². The number of hydrogen-bond donors (Lipinski definition) is 0. The molecule has 0 aromatic carbocycles. The summed E-state index contributed by atoms with van der Waals surface area (Å²) in [6.45, 7) is 4.25. The lowest BCUT2D eigenvalue weighted by Crippen LogP contribution is -2.15. The van der Waals surface area contributed by atoms with Gasteiger partial charge in [0.15, 0.2) is 10.1 Å². The maximum Gasteiger partial charge on any atom is 0.258 e. The molecule has 3 aromatic heterocycles. The number of aromatic nitrogens is 4. The molecule has 1 fully saturated rings. The van der Waals surface area contributed by atoms with Crippen LogP contribution in [0.25, 0.3) is 4.96 Å². The van der Waals surface area contributed by atoms with Crippen molar-refractivity contribution in [2.75, 3.05) is 0 Å². The molecule has 7 heteroatoms. The largest absolute Gasteiger partial charge is 0.320 e. The summed E-state index contributed by atoms with van der Waals surface area (Å²) in [5, 5.41) is 2.96. The molecule has 3 heterocycles.